The number of aromatic amines is 1. The molecule has 0 bridgehead atoms. The van der Waals surface area contributed by atoms with Gasteiger partial charge in [0.2, 0.25) is 0 Å². The lowest BCUT2D eigenvalue weighted by Crippen LogP contribution is -1.90. The fourth-order valence-electron chi connectivity index (χ4n) is 2.54. The minimum Gasteiger partial charge on any atom is -0.495 e. The molecule has 0 unspecified atom stereocenters. The number of hydrogen-bond donors (Lipinski definition) is 1. The Morgan fingerprint density at radius 2 is 2.18 bits per heavy atom. The van der Waals surface area contributed by atoms with Crippen LogP contribution in [0.15, 0.2) is 42.6 Å². The van der Waals surface area contributed by atoms with Crippen molar-refractivity contribution in [2.24, 2.45) is 0 Å². The number of rotatable bonds is 4. The van der Waals surface area contributed by atoms with Crippen molar-refractivity contribution >= 4 is 34.2 Å². The van der Waals surface area contributed by atoms with Crippen molar-refractivity contribution in [3.05, 3.63) is 58.7 Å². The zero-order valence-electron chi connectivity index (χ0n) is 12.6. The maximum Gasteiger partial charge on any atom is 0.138 e. The molecule has 3 aromatic rings. The van der Waals surface area contributed by atoms with Crippen molar-refractivity contribution in [2.45, 2.75) is 13.3 Å². The summed E-state index contributed by atoms with van der Waals surface area (Å²) < 4.78 is 5.31. The van der Waals surface area contributed by atoms with Crippen molar-refractivity contribution in [2.75, 3.05) is 7.11 Å². The average Bonchev–Trinajstić information content (AvgIpc) is 3.01. The van der Waals surface area contributed by atoms with E-state index in [4.69, 9.17) is 16.3 Å². The molecular weight excluding hydrogens is 296 g/mol. The molecule has 0 saturated heterocycles. The summed E-state index contributed by atoms with van der Waals surface area (Å²) in [7, 11) is 1.63. The maximum absolute atomic E-state index is 6.45. The highest BCUT2D eigenvalue weighted by atomic mass is 35.5. The molecule has 1 heterocycles. The standard InChI is InChI=1S/C18H17ClN2O/c1-3-13(15-5-4-6-17(22-2)18(15)19)9-12-7-8-16-14(10-12)11-20-21-16/h4-11H,3H2,1-2H3,(H,20,21)/b13-9+. The quantitative estimate of drug-likeness (QED) is 0.674. The molecule has 112 valence electrons. The third-order valence-electron chi connectivity index (χ3n) is 3.72. The first-order chi connectivity index (χ1) is 10.7. The van der Waals surface area contributed by atoms with Gasteiger partial charge in [0, 0.05) is 10.9 Å². The number of fused-ring (bicyclic) bond motifs is 1. The van der Waals surface area contributed by atoms with Crippen LogP contribution in [0.1, 0.15) is 24.5 Å². The molecule has 0 saturated carbocycles. The molecule has 2 aromatic carbocycles. The highest BCUT2D eigenvalue weighted by molar-refractivity contribution is 6.34. The van der Waals surface area contributed by atoms with Gasteiger partial charge < -0.3 is 4.74 Å². The van der Waals surface area contributed by atoms with Gasteiger partial charge in [0.1, 0.15) is 5.75 Å². The van der Waals surface area contributed by atoms with Crippen LogP contribution in [0.25, 0.3) is 22.6 Å². The van der Waals surface area contributed by atoms with E-state index in [0.29, 0.717) is 10.8 Å². The lowest BCUT2D eigenvalue weighted by molar-refractivity contribution is 0.415. The third kappa shape index (κ3) is 2.72. The van der Waals surface area contributed by atoms with Gasteiger partial charge in [0.15, 0.2) is 0 Å². The van der Waals surface area contributed by atoms with E-state index in [1.807, 2.05) is 30.5 Å². The van der Waals surface area contributed by atoms with Crippen molar-refractivity contribution in [3.8, 4) is 5.75 Å². The predicted molar refractivity (Wildman–Crippen MR) is 92.3 cm³/mol. The van der Waals surface area contributed by atoms with Gasteiger partial charge in [0.05, 0.1) is 23.8 Å². The first-order valence-corrected chi connectivity index (χ1v) is 7.57. The number of halogens is 1. The molecule has 4 heteroatoms. The van der Waals surface area contributed by atoms with Gasteiger partial charge >= 0.3 is 0 Å². The number of H-pyrrole nitrogens is 1. The number of allylic oxidation sites excluding steroid dienone is 1. The minimum absolute atomic E-state index is 0.655. The lowest BCUT2D eigenvalue weighted by atomic mass is 9.99. The normalized spacial score (nSPS) is 11.9. The second-order valence-corrected chi connectivity index (χ2v) is 5.44. The first kappa shape index (κ1) is 14.7. The molecule has 1 N–H and O–H groups in total. The van der Waals surface area contributed by atoms with Crippen LogP contribution in [0.5, 0.6) is 5.75 Å². The summed E-state index contributed by atoms with van der Waals surface area (Å²) in [4.78, 5) is 0. The van der Waals surface area contributed by atoms with Crippen molar-refractivity contribution in [1.82, 2.24) is 10.2 Å². The fraction of sp³-hybridized carbons (Fsp3) is 0.167. The summed E-state index contributed by atoms with van der Waals surface area (Å²) in [6.07, 6.45) is 4.88. The Balaban J connectivity index is 2.06. The fourth-order valence-corrected chi connectivity index (χ4v) is 2.86. The zero-order chi connectivity index (χ0) is 15.5. The summed E-state index contributed by atoms with van der Waals surface area (Å²) >= 11 is 6.45. The van der Waals surface area contributed by atoms with E-state index in [0.717, 1.165) is 28.5 Å². The van der Waals surface area contributed by atoms with E-state index in [1.165, 1.54) is 5.57 Å². The molecular formula is C18H17ClN2O. The Morgan fingerprint density at radius 1 is 1.32 bits per heavy atom. The summed E-state index contributed by atoms with van der Waals surface area (Å²) in [5, 5.41) is 8.77. The molecule has 0 aliphatic heterocycles. The second kappa shape index (κ2) is 6.24. The van der Waals surface area contributed by atoms with Gasteiger partial charge in [-0.2, -0.15) is 5.10 Å². The third-order valence-corrected chi connectivity index (χ3v) is 4.11. The SMILES string of the molecule is CC/C(=C\c1ccc2[nH]ncc2c1)c1cccc(OC)c1Cl. The molecule has 3 rings (SSSR count). The number of benzene rings is 2. The molecule has 0 aliphatic rings. The number of hydrogen-bond acceptors (Lipinski definition) is 2. The van der Waals surface area contributed by atoms with Crippen LogP contribution in [0.3, 0.4) is 0 Å². The predicted octanol–water partition coefficient (Wildman–Crippen LogP) is 5.18. The van der Waals surface area contributed by atoms with Crippen molar-refractivity contribution in [1.29, 1.82) is 0 Å². The van der Waals surface area contributed by atoms with Gasteiger partial charge in [-0.1, -0.05) is 42.8 Å². The van der Waals surface area contributed by atoms with E-state index < -0.39 is 0 Å². The van der Waals surface area contributed by atoms with Gasteiger partial charge in [0.25, 0.3) is 0 Å². The second-order valence-electron chi connectivity index (χ2n) is 5.06. The average molecular weight is 313 g/mol. The number of ether oxygens (including phenoxy) is 1. The van der Waals surface area contributed by atoms with Crippen LogP contribution in [-0.2, 0) is 0 Å². The van der Waals surface area contributed by atoms with Gasteiger partial charge in [-0.15, -0.1) is 0 Å². The van der Waals surface area contributed by atoms with Crippen molar-refractivity contribution in [3.63, 3.8) is 0 Å². The van der Waals surface area contributed by atoms with Gasteiger partial charge in [-0.05, 0) is 35.8 Å². The van der Waals surface area contributed by atoms with E-state index >= 15 is 0 Å². The van der Waals surface area contributed by atoms with E-state index in [2.05, 4.69) is 35.3 Å². The Morgan fingerprint density at radius 3 is 2.95 bits per heavy atom. The zero-order valence-corrected chi connectivity index (χ0v) is 13.3. The minimum atomic E-state index is 0.655. The highest BCUT2D eigenvalue weighted by Gasteiger charge is 2.10. The molecule has 1 aromatic heterocycles. The van der Waals surface area contributed by atoms with Crippen LogP contribution in [0.2, 0.25) is 5.02 Å². The topological polar surface area (TPSA) is 37.9 Å². The van der Waals surface area contributed by atoms with Gasteiger partial charge in [-0.3, -0.25) is 5.10 Å². The Bertz CT molecular complexity index is 836. The van der Waals surface area contributed by atoms with E-state index in [9.17, 15) is 0 Å². The molecule has 0 fully saturated rings. The van der Waals surface area contributed by atoms with Crippen LogP contribution >= 0.6 is 11.6 Å². The summed E-state index contributed by atoms with van der Waals surface area (Å²) in [5.41, 5.74) is 4.35. The Hall–Kier alpha value is -2.26. The summed E-state index contributed by atoms with van der Waals surface area (Å²) in [5.74, 6) is 0.698. The molecule has 0 amide bonds. The molecule has 3 nitrogen and oxygen atoms in total. The van der Waals surface area contributed by atoms with E-state index in [1.54, 1.807) is 7.11 Å². The van der Waals surface area contributed by atoms with E-state index in [-0.39, 0.29) is 0 Å². The van der Waals surface area contributed by atoms with Crippen LogP contribution in [0.4, 0.5) is 0 Å². The highest BCUT2D eigenvalue weighted by Crippen LogP contribution is 2.34. The number of aromatic nitrogens is 2. The van der Waals surface area contributed by atoms with Crippen LogP contribution in [-0.4, -0.2) is 17.3 Å². The molecule has 0 spiro atoms. The summed E-state index contributed by atoms with van der Waals surface area (Å²) in [6, 6.07) is 12.1. The molecule has 22 heavy (non-hydrogen) atoms. The molecule has 0 atom stereocenters. The first-order valence-electron chi connectivity index (χ1n) is 7.19. The summed E-state index contributed by atoms with van der Waals surface area (Å²) in [6.45, 7) is 2.12. The number of nitrogens with one attached hydrogen (secondary N) is 1. The Kier molecular flexibility index (Phi) is 4.16. The monoisotopic (exact) mass is 312 g/mol. The lowest BCUT2D eigenvalue weighted by Gasteiger charge is -2.11. The van der Waals surface area contributed by atoms with Crippen LogP contribution in [0, 0.1) is 0 Å². The number of nitrogens with zero attached hydrogens (tertiary/aromatic N) is 1. The number of methoxy groups -OCH3 is 1. The smallest absolute Gasteiger partial charge is 0.138 e. The molecule has 0 radical (unpaired) electrons. The van der Waals surface area contributed by atoms with Gasteiger partial charge in [-0.25, -0.2) is 0 Å². The van der Waals surface area contributed by atoms with Crippen LogP contribution < -0.4 is 4.74 Å². The molecule has 0 aliphatic carbocycles. The Labute approximate surface area is 134 Å². The maximum atomic E-state index is 6.45. The largest absolute Gasteiger partial charge is 0.495 e. The van der Waals surface area contributed by atoms with Crippen molar-refractivity contribution < 1.29 is 4.74 Å².